The van der Waals surface area contributed by atoms with Gasteiger partial charge >= 0.3 is 6.03 Å². The van der Waals surface area contributed by atoms with Crippen LogP contribution in [0.4, 0.5) is 10.5 Å². The first kappa shape index (κ1) is 15.6. The van der Waals surface area contributed by atoms with Crippen molar-refractivity contribution in [2.45, 2.75) is 19.8 Å². The molecule has 1 aromatic heterocycles. The lowest BCUT2D eigenvalue weighted by atomic mass is 10.2. The van der Waals surface area contributed by atoms with E-state index in [0.29, 0.717) is 36.9 Å². The molecule has 0 atom stereocenters. The van der Waals surface area contributed by atoms with E-state index in [-0.39, 0.29) is 6.03 Å². The number of ether oxygens (including phenoxy) is 2. The van der Waals surface area contributed by atoms with Gasteiger partial charge in [-0.25, -0.2) is 9.78 Å². The third-order valence-corrected chi connectivity index (χ3v) is 4.42. The summed E-state index contributed by atoms with van der Waals surface area (Å²) in [4.78, 5) is 16.5. The number of carbonyl (C=O) groups is 1. The molecular formula is C16H19N3O3S. The maximum absolute atomic E-state index is 12.0. The number of hydrogen-bond acceptors (Lipinski definition) is 5. The fourth-order valence-electron chi connectivity index (χ4n) is 2.27. The monoisotopic (exact) mass is 333 g/mol. The van der Waals surface area contributed by atoms with Gasteiger partial charge in [0.1, 0.15) is 13.2 Å². The van der Waals surface area contributed by atoms with Crippen LogP contribution in [-0.4, -0.2) is 30.8 Å². The number of urea groups is 1. The van der Waals surface area contributed by atoms with E-state index in [0.717, 1.165) is 23.5 Å². The summed E-state index contributed by atoms with van der Waals surface area (Å²) in [7, 11) is 0. The number of nitrogens with one attached hydrogen (secondary N) is 2. The Hall–Kier alpha value is -2.28. The molecule has 0 aliphatic carbocycles. The van der Waals surface area contributed by atoms with E-state index < -0.39 is 0 Å². The molecule has 122 valence electrons. The second-order valence-electron chi connectivity index (χ2n) is 5.05. The second-order valence-corrected chi connectivity index (χ2v) is 5.99. The lowest BCUT2D eigenvalue weighted by Gasteiger charge is -2.21. The highest BCUT2D eigenvalue weighted by Crippen LogP contribution is 2.37. The minimum absolute atomic E-state index is 0.265. The van der Waals surface area contributed by atoms with E-state index in [4.69, 9.17) is 9.47 Å². The minimum Gasteiger partial charge on any atom is -0.486 e. The molecule has 6 nitrogen and oxygen atoms in total. The van der Waals surface area contributed by atoms with E-state index in [9.17, 15) is 4.79 Å². The van der Waals surface area contributed by atoms with Gasteiger partial charge in [0.05, 0.1) is 16.4 Å². The fourth-order valence-corrected chi connectivity index (χ4v) is 3.05. The lowest BCUT2D eigenvalue weighted by Crippen LogP contribution is -2.31. The normalized spacial score (nSPS) is 12.7. The Labute approximate surface area is 138 Å². The van der Waals surface area contributed by atoms with Crippen LogP contribution >= 0.6 is 11.3 Å². The first-order valence-corrected chi connectivity index (χ1v) is 8.51. The molecule has 0 fully saturated rings. The van der Waals surface area contributed by atoms with Crippen molar-refractivity contribution < 1.29 is 14.3 Å². The van der Waals surface area contributed by atoms with Gasteiger partial charge in [0.25, 0.3) is 0 Å². The van der Waals surface area contributed by atoms with E-state index in [1.807, 2.05) is 17.5 Å². The van der Waals surface area contributed by atoms with Crippen LogP contribution in [0.3, 0.4) is 0 Å². The van der Waals surface area contributed by atoms with Crippen LogP contribution in [0.1, 0.15) is 17.6 Å². The molecular weight excluding hydrogens is 314 g/mol. The van der Waals surface area contributed by atoms with Crippen molar-refractivity contribution in [1.29, 1.82) is 0 Å². The van der Waals surface area contributed by atoms with Crippen LogP contribution in [0.25, 0.3) is 0 Å². The van der Waals surface area contributed by atoms with E-state index in [2.05, 4.69) is 22.5 Å². The number of aromatic nitrogens is 1. The highest BCUT2D eigenvalue weighted by atomic mass is 32.1. The maximum atomic E-state index is 12.0. The first-order valence-electron chi connectivity index (χ1n) is 7.63. The van der Waals surface area contributed by atoms with Crippen LogP contribution in [0.15, 0.2) is 23.6 Å². The van der Waals surface area contributed by atoms with Gasteiger partial charge in [-0.05, 0) is 18.6 Å². The summed E-state index contributed by atoms with van der Waals surface area (Å²) < 4.78 is 11.1. The number of hydrogen-bond donors (Lipinski definition) is 2. The molecule has 0 saturated heterocycles. The van der Waals surface area contributed by atoms with Gasteiger partial charge in [0.15, 0.2) is 11.5 Å². The zero-order valence-electron chi connectivity index (χ0n) is 12.9. The summed E-state index contributed by atoms with van der Waals surface area (Å²) in [5.74, 6) is 1.24. The maximum Gasteiger partial charge on any atom is 0.319 e. The SMILES string of the molecule is CCc1nc(CCNC(=O)Nc2cccc3c2OCCO3)cs1. The van der Waals surface area contributed by atoms with E-state index >= 15 is 0 Å². The van der Waals surface area contributed by atoms with Crippen LogP contribution in [0.2, 0.25) is 0 Å². The Balaban J connectivity index is 1.51. The van der Waals surface area contributed by atoms with Crippen molar-refractivity contribution in [3.8, 4) is 11.5 Å². The number of nitrogens with zero attached hydrogens (tertiary/aromatic N) is 1. The van der Waals surface area contributed by atoms with Gasteiger partial charge in [-0.15, -0.1) is 11.3 Å². The van der Waals surface area contributed by atoms with Gasteiger partial charge in [0.2, 0.25) is 0 Å². The third-order valence-electron chi connectivity index (χ3n) is 3.38. The summed E-state index contributed by atoms with van der Waals surface area (Å²) >= 11 is 1.66. The van der Waals surface area contributed by atoms with Gasteiger partial charge in [-0.2, -0.15) is 0 Å². The first-order chi connectivity index (χ1) is 11.3. The molecule has 0 spiro atoms. The topological polar surface area (TPSA) is 72.5 Å². The molecule has 0 bridgehead atoms. The zero-order chi connectivity index (χ0) is 16.1. The van der Waals surface area contributed by atoms with Crippen molar-refractivity contribution in [2.75, 3.05) is 25.1 Å². The fraction of sp³-hybridized carbons (Fsp3) is 0.375. The molecule has 0 unspecified atom stereocenters. The number of fused-ring (bicyclic) bond motifs is 1. The van der Waals surface area contributed by atoms with Crippen LogP contribution in [0.5, 0.6) is 11.5 Å². The smallest absolute Gasteiger partial charge is 0.319 e. The Bertz CT molecular complexity index is 687. The number of carbonyl (C=O) groups excluding carboxylic acids is 1. The van der Waals surface area contributed by atoms with Crippen molar-refractivity contribution >= 4 is 23.1 Å². The summed E-state index contributed by atoms with van der Waals surface area (Å²) in [5, 5.41) is 8.79. The number of anilines is 1. The minimum atomic E-state index is -0.265. The number of benzene rings is 1. The molecule has 23 heavy (non-hydrogen) atoms. The third kappa shape index (κ3) is 3.92. The molecule has 2 aromatic rings. The zero-order valence-corrected chi connectivity index (χ0v) is 13.7. The van der Waals surface area contributed by atoms with Gasteiger partial charge < -0.3 is 20.1 Å². The number of para-hydroxylation sites is 1. The molecule has 2 N–H and O–H groups in total. The molecule has 3 rings (SSSR count). The van der Waals surface area contributed by atoms with E-state index in [1.165, 1.54) is 0 Å². The number of thiazole rings is 1. The molecule has 1 aliphatic rings. The Kier molecular flexibility index (Phi) is 4.97. The highest BCUT2D eigenvalue weighted by Gasteiger charge is 2.16. The average Bonchev–Trinajstić information content (AvgIpc) is 3.03. The van der Waals surface area contributed by atoms with Gasteiger partial charge in [-0.3, -0.25) is 0 Å². The van der Waals surface area contributed by atoms with Gasteiger partial charge in [-0.1, -0.05) is 13.0 Å². The summed E-state index contributed by atoms with van der Waals surface area (Å²) in [5.41, 5.74) is 1.63. The Morgan fingerprint density at radius 2 is 2.22 bits per heavy atom. The lowest BCUT2D eigenvalue weighted by molar-refractivity contribution is 0.172. The van der Waals surface area contributed by atoms with E-state index in [1.54, 1.807) is 17.4 Å². The van der Waals surface area contributed by atoms with Crippen LogP contribution in [0, 0.1) is 0 Å². The van der Waals surface area contributed by atoms with Gasteiger partial charge in [0, 0.05) is 18.3 Å². The van der Waals surface area contributed by atoms with Crippen molar-refractivity contribution in [3.05, 3.63) is 34.3 Å². The molecule has 1 aliphatic heterocycles. The molecule has 7 heteroatoms. The molecule has 1 aromatic carbocycles. The Morgan fingerprint density at radius 1 is 1.35 bits per heavy atom. The second kappa shape index (κ2) is 7.32. The largest absolute Gasteiger partial charge is 0.486 e. The standard InChI is InChI=1S/C16H19N3O3S/c1-2-14-18-11(10-23-14)6-7-17-16(20)19-12-4-3-5-13-15(12)22-9-8-21-13/h3-5,10H,2,6-9H2,1H3,(H2,17,19,20). The summed E-state index contributed by atoms with van der Waals surface area (Å²) in [6, 6.07) is 5.18. The molecule has 0 saturated carbocycles. The summed E-state index contributed by atoms with van der Waals surface area (Å²) in [6.45, 7) is 3.62. The van der Waals surface area contributed by atoms with Crippen molar-refractivity contribution in [3.63, 3.8) is 0 Å². The molecule has 0 radical (unpaired) electrons. The number of amides is 2. The predicted molar refractivity (Wildman–Crippen MR) is 89.6 cm³/mol. The Morgan fingerprint density at radius 3 is 3.04 bits per heavy atom. The van der Waals surface area contributed by atoms with Crippen molar-refractivity contribution in [1.82, 2.24) is 10.3 Å². The average molecular weight is 333 g/mol. The number of aryl methyl sites for hydroxylation is 1. The summed E-state index contributed by atoms with van der Waals surface area (Å²) in [6.07, 6.45) is 1.66. The van der Waals surface area contributed by atoms with Crippen LogP contribution < -0.4 is 20.1 Å². The quantitative estimate of drug-likeness (QED) is 0.882. The molecule has 2 heterocycles. The van der Waals surface area contributed by atoms with Crippen LogP contribution in [-0.2, 0) is 12.8 Å². The predicted octanol–water partition coefficient (Wildman–Crippen LogP) is 2.84. The highest BCUT2D eigenvalue weighted by molar-refractivity contribution is 7.09. The molecule has 2 amide bonds. The van der Waals surface area contributed by atoms with Crippen molar-refractivity contribution in [2.24, 2.45) is 0 Å². The number of rotatable bonds is 5.